The molecule has 2 heterocycles. The molecule has 0 amide bonds. The molecular formula is C21H27NO3. The zero-order valence-electron chi connectivity index (χ0n) is 15.5. The summed E-state index contributed by atoms with van der Waals surface area (Å²) in [6.07, 6.45) is 6.92. The molecule has 5 rings (SSSR count). The van der Waals surface area contributed by atoms with Crippen LogP contribution in [0.15, 0.2) is 24.3 Å². The molecule has 0 radical (unpaired) electrons. The van der Waals surface area contributed by atoms with Crippen LogP contribution in [-0.4, -0.2) is 50.0 Å². The van der Waals surface area contributed by atoms with E-state index in [0.29, 0.717) is 18.0 Å². The monoisotopic (exact) mass is 341 g/mol. The predicted molar refractivity (Wildman–Crippen MR) is 96.5 cm³/mol. The summed E-state index contributed by atoms with van der Waals surface area (Å²) in [7, 11) is 3.53. The molecule has 1 saturated heterocycles. The molecule has 0 aromatic heterocycles. The van der Waals surface area contributed by atoms with E-state index in [0.717, 1.165) is 30.9 Å². The molecule has 1 fully saturated rings. The van der Waals surface area contributed by atoms with E-state index in [1.54, 1.807) is 14.2 Å². The van der Waals surface area contributed by atoms with Crippen molar-refractivity contribution in [2.45, 2.75) is 56.4 Å². The van der Waals surface area contributed by atoms with E-state index in [4.69, 9.17) is 14.2 Å². The Labute approximate surface area is 149 Å². The van der Waals surface area contributed by atoms with Crippen LogP contribution in [0.4, 0.5) is 0 Å². The van der Waals surface area contributed by atoms with E-state index in [2.05, 4.69) is 43.0 Å². The van der Waals surface area contributed by atoms with Gasteiger partial charge < -0.3 is 14.2 Å². The second-order valence-corrected chi connectivity index (χ2v) is 8.17. The highest BCUT2D eigenvalue weighted by Crippen LogP contribution is 2.62. The van der Waals surface area contributed by atoms with Crippen molar-refractivity contribution in [3.8, 4) is 11.5 Å². The van der Waals surface area contributed by atoms with Crippen molar-refractivity contribution in [2.24, 2.45) is 5.92 Å². The first-order valence-electron chi connectivity index (χ1n) is 9.45. The normalized spacial score (nSPS) is 37.8. The molecule has 2 aliphatic heterocycles. The molecule has 4 aliphatic rings. The van der Waals surface area contributed by atoms with Crippen LogP contribution in [0.5, 0.6) is 11.5 Å². The molecule has 5 atom stereocenters. The highest BCUT2D eigenvalue weighted by Gasteiger charge is 2.65. The van der Waals surface area contributed by atoms with Crippen LogP contribution in [-0.2, 0) is 16.6 Å². The van der Waals surface area contributed by atoms with E-state index in [9.17, 15) is 0 Å². The summed E-state index contributed by atoms with van der Waals surface area (Å²) < 4.78 is 18.0. The third kappa shape index (κ3) is 1.79. The number of rotatable bonds is 3. The Morgan fingerprint density at radius 2 is 2.08 bits per heavy atom. The Morgan fingerprint density at radius 1 is 1.24 bits per heavy atom. The Balaban J connectivity index is 1.75. The number of ether oxygens (including phenoxy) is 3. The van der Waals surface area contributed by atoms with Gasteiger partial charge in [-0.2, -0.15) is 0 Å². The predicted octanol–water partition coefficient (Wildman–Crippen LogP) is 2.93. The molecule has 0 N–H and O–H groups in total. The lowest BCUT2D eigenvalue weighted by Crippen LogP contribution is -2.66. The molecule has 2 aliphatic carbocycles. The zero-order chi connectivity index (χ0) is 17.3. The maximum atomic E-state index is 6.58. The van der Waals surface area contributed by atoms with Crippen molar-refractivity contribution in [1.82, 2.24) is 4.90 Å². The molecule has 1 aromatic carbocycles. The lowest BCUT2D eigenvalue weighted by Gasteiger charge is -2.58. The van der Waals surface area contributed by atoms with E-state index >= 15 is 0 Å². The van der Waals surface area contributed by atoms with Gasteiger partial charge in [0.05, 0.1) is 7.11 Å². The average molecular weight is 341 g/mol. The van der Waals surface area contributed by atoms with Gasteiger partial charge in [-0.3, -0.25) is 4.90 Å². The van der Waals surface area contributed by atoms with Crippen molar-refractivity contribution in [1.29, 1.82) is 0 Å². The molecule has 25 heavy (non-hydrogen) atoms. The van der Waals surface area contributed by atoms with Gasteiger partial charge in [0, 0.05) is 36.1 Å². The topological polar surface area (TPSA) is 30.9 Å². The fraction of sp³-hybridized carbons (Fsp3) is 0.619. The van der Waals surface area contributed by atoms with Crippen molar-refractivity contribution in [2.75, 3.05) is 20.8 Å². The minimum Gasteiger partial charge on any atom is -0.493 e. The Kier molecular flexibility index (Phi) is 3.29. The number of hydrogen-bond donors (Lipinski definition) is 0. The summed E-state index contributed by atoms with van der Waals surface area (Å²) in [4.78, 5) is 2.69. The van der Waals surface area contributed by atoms with Crippen LogP contribution in [0.2, 0.25) is 0 Å². The number of piperidine rings is 1. The van der Waals surface area contributed by atoms with Crippen LogP contribution < -0.4 is 9.47 Å². The fourth-order valence-electron chi connectivity index (χ4n) is 6.06. The summed E-state index contributed by atoms with van der Waals surface area (Å²) in [6, 6.07) is 5.45. The molecule has 1 spiro atoms. The SMILES string of the molecule is COc1ccc2c3c1OC1C(OC)C=CC4C(C2)N(C(C)C)CCC341. The van der Waals surface area contributed by atoms with Crippen molar-refractivity contribution >= 4 is 0 Å². The molecule has 4 heteroatoms. The number of methoxy groups -OCH3 is 2. The molecular weight excluding hydrogens is 314 g/mol. The summed E-state index contributed by atoms with van der Waals surface area (Å²) in [5.74, 6) is 2.32. The maximum Gasteiger partial charge on any atom is 0.165 e. The summed E-state index contributed by atoms with van der Waals surface area (Å²) in [5.41, 5.74) is 2.88. The van der Waals surface area contributed by atoms with E-state index in [-0.39, 0.29) is 17.6 Å². The van der Waals surface area contributed by atoms with E-state index in [1.165, 1.54) is 11.1 Å². The lowest BCUT2D eigenvalue weighted by molar-refractivity contribution is -0.0694. The van der Waals surface area contributed by atoms with Crippen molar-refractivity contribution < 1.29 is 14.2 Å². The Bertz CT molecular complexity index is 743. The van der Waals surface area contributed by atoms with Gasteiger partial charge in [0.2, 0.25) is 0 Å². The maximum absolute atomic E-state index is 6.58. The first kappa shape index (κ1) is 15.7. The standard InChI is InChI=1S/C21H27NO3/c1-12(2)22-10-9-21-14-6-8-17(24-4)20(21)25-19-16(23-3)7-5-13(18(19)21)11-15(14)22/h5-8,12,14-15,17,20H,9-11H2,1-4H3. The van der Waals surface area contributed by atoms with Crippen LogP contribution in [0.1, 0.15) is 31.4 Å². The third-order valence-electron chi connectivity index (χ3n) is 7.04. The zero-order valence-corrected chi connectivity index (χ0v) is 15.5. The number of benzene rings is 1. The highest BCUT2D eigenvalue weighted by molar-refractivity contribution is 5.62. The summed E-state index contributed by atoms with van der Waals surface area (Å²) >= 11 is 0. The number of likely N-dealkylation sites (tertiary alicyclic amines) is 1. The molecule has 0 saturated carbocycles. The fourth-order valence-corrected chi connectivity index (χ4v) is 6.06. The van der Waals surface area contributed by atoms with Crippen molar-refractivity contribution in [3.63, 3.8) is 0 Å². The molecule has 4 nitrogen and oxygen atoms in total. The molecule has 1 aromatic rings. The average Bonchev–Trinajstić information content (AvgIpc) is 2.95. The first-order valence-corrected chi connectivity index (χ1v) is 9.45. The molecule has 134 valence electrons. The minimum absolute atomic E-state index is 0.00514. The summed E-state index contributed by atoms with van der Waals surface area (Å²) in [6.45, 7) is 5.76. The van der Waals surface area contributed by atoms with E-state index in [1.807, 2.05) is 0 Å². The number of hydrogen-bond acceptors (Lipinski definition) is 4. The Hall–Kier alpha value is -1.52. The van der Waals surface area contributed by atoms with Gasteiger partial charge in [0.1, 0.15) is 12.2 Å². The van der Waals surface area contributed by atoms with Gasteiger partial charge in [-0.05, 0) is 44.9 Å². The third-order valence-corrected chi connectivity index (χ3v) is 7.04. The van der Waals surface area contributed by atoms with Gasteiger partial charge >= 0.3 is 0 Å². The largest absolute Gasteiger partial charge is 0.493 e. The molecule has 2 bridgehead atoms. The Morgan fingerprint density at radius 3 is 2.80 bits per heavy atom. The summed E-state index contributed by atoms with van der Waals surface area (Å²) in [5, 5.41) is 0. The van der Waals surface area contributed by atoms with Gasteiger partial charge in [0.25, 0.3) is 0 Å². The van der Waals surface area contributed by atoms with Crippen LogP contribution in [0, 0.1) is 5.92 Å². The minimum atomic E-state index is 0.00514. The van der Waals surface area contributed by atoms with Crippen LogP contribution in [0.3, 0.4) is 0 Å². The van der Waals surface area contributed by atoms with Crippen molar-refractivity contribution in [3.05, 3.63) is 35.4 Å². The van der Waals surface area contributed by atoms with E-state index < -0.39 is 0 Å². The van der Waals surface area contributed by atoms with Gasteiger partial charge in [-0.25, -0.2) is 0 Å². The lowest BCUT2D eigenvalue weighted by atomic mass is 9.53. The van der Waals surface area contributed by atoms with Gasteiger partial charge in [-0.15, -0.1) is 0 Å². The second kappa shape index (κ2) is 5.24. The van der Waals surface area contributed by atoms with Gasteiger partial charge in [0.15, 0.2) is 11.5 Å². The number of nitrogens with zero attached hydrogens (tertiary/aromatic N) is 1. The van der Waals surface area contributed by atoms with Crippen LogP contribution >= 0.6 is 0 Å². The van der Waals surface area contributed by atoms with Crippen LogP contribution in [0.25, 0.3) is 0 Å². The highest BCUT2D eigenvalue weighted by atomic mass is 16.6. The quantitative estimate of drug-likeness (QED) is 0.791. The van der Waals surface area contributed by atoms with Gasteiger partial charge in [-0.1, -0.05) is 18.2 Å². The smallest absolute Gasteiger partial charge is 0.165 e. The second-order valence-electron chi connectivity index (χ2n) is 8.17. The molecule has 5 unspecified atom stereocenters. The first-order chi connectivity index (χ1) is 12.1.